The van der Waals surface area contributed by atoms with Gasteiger partial charge < -0.3 is 19.4 Å². The summed E-state index contributed by atoms with van der Waals surface area (Å²) in [6.07, 6.45) is 5.20. The van der Waals surface area contributed by atoms with Gasteiger partial charge in [0.25, 0.3) is 0 Å². The lowest BCUT2D eigenvalue weighted by Gasteiger charge is -2.22. The molecule has 1 saturated carbocycles. The van der Waals surface area contributed by atoms with Crippen LogP contribution in [-0.2, 0) is 11.2 Å². The third-order valence-electron chi connectivity index (χ3n) is 3.72. The topological polar surface area (TPSA) is 50.0 Å². The van der Waals surface area contributed by atoms with Crippen molar-refractivity contribution in [3.05, 3.63) is 36.3 Å². The summed E-state index contributed by atoms with van der Waals surface area (Å²) in [4.78, 5) is 6.72. The molecule has 136 valence electrons. The standard InChI is InChI=1S/C18H29N3O2.HI/c1-15(2)13-20-18(19-9-8-17-5-4-11-23-17)21(3)10-12-22-14-16-6-7-16;/h4-5,11,16H,1,6-10,12-14H2,2-3H3,(H,19,20);1H. The Morgan fingerprint density at radius 2 is 2.29 bits per heavy atom. The highest BCUT2D eigenvalue weighted by molar-refractivity contribution is 14.0. The van der Waals surface area contributed by atoms with E-state index in [0.717, 1.165) is 55.9 Å². The number of nitrogens with one attached hydrogen (secondary N) is 1. The van der Waals surface area contributed by atoms with Gasteiger partial charge in [0.05, 0.1) is 19.4 Å². The highest BCUT2D eigenvalue weighted by Crippen LogP contribution is 2.28. The molecule has 0 aromatic carbocycles. The first-order valence-corrected chi connectivity index (χ1v) is 8.39. The molecule has 0 aliphatic heterocycles. The first-order chi connectivity index (χ1) is 11.1. The first-order valence-electron chi connectivity index (χ1n) is 8.39. The zero-order valence-corrected chi connectivity index (χ0v) is 17.1. The van der Waals surface area contributed by atoms with Crippen LogP contribution in [0.25, 0.3) is 0 Å². The van der Waals surface area contributed by atoms with Crippen molar-refractivity contribution < 1.29 is 9.15 Å². The van der Waals surface area contributed by atoms with Gasteiger partial charge in [0.2, 0.25) is 0 Å². The number of likely N-dealkylation sites (N-methyl/N-ethyl adjacent to an activating group) is 1. The average Bonchev–Trinajstić information content (AvgIpc) is 3.20. The van der Waals surface area contributed by atoms with Crippen molar-refractivity contribution in [2.75, 3.05) is 39.9 Å². The van der Waals surface area contributed by atoms with Crippen LogP contribution in [0.4, 0.5) is 0 Å². The molecule has 0 saturated heterocycles. The molecule has 0 unspecified atom stereocenters. The summed E-state index contributed by atoms with van der Waals surface area (Å²) >= 11 is 0. The molecule has 2 rings (SSSR count). The van der Waals surface area contributed by atoms with Crippen LogP contribution >= 0.6 is 24.0 Å². The molecule has 0 amide bonds. The van der Waals surface area contributed by atoms with Crippen LogP contribution in [-0.4, -0.2) is 50.8 Å². The molecule has 1 aliphatic carbocycles. The monoisotopic (exact) mass is 447 g/mol. The third kappa shape index (κ3) is 8.73. The normalized spacial score (nSPS) is 14.2. The Labute approximate surface area is 162 Å². The molecular formula is C18H30IN3O2. The molecular weight excluding hydrogens is 417 g/mol. The number of rotatable bonds is 10. The molecule has 0 atom stereocenters. The lowest BCUT2D eigenvalue weighted by molar-refractivity contribution is 0.115. The molecule has 5 nitrogen and oxygen atoms in total. The fraction of sp³-hybridized carbons (Fsp3) is 0.611. The molecule has 1 N–H and O–H groups in total. The van der Waals surface area contributed by atoms with Crippen molar-refractivity contribution in [2.24, 2.45) is 10.9 Å². The van der Waals surface area contributed by atoms with Gasteiger partial charge in [0.1, 0.15) is 5.76 Å². The van der Waals surface area contributed by atoms with Gasteiger partial charge in [0.15, 0.2) is 5.96 Å². The Kier molecular flexibility index (Phi) is 10.1. The Morgan fingerprint density at radius 1 is 1.50 bits per heavy atom. The van der Waals surface area contributed by atoms with Crippen molar-refractivity contribution >= 4 is 29.9 Å². The average molecular weight is 447 g/mol. The summed E-state index contributed by atoms with van der Waals surface area (Å²) in [7, 11) is 2.04. The van der Waals surface area contributed by atoms with Crippen molar-refractivity contribution in [2.45, 2.75) is 26.2 Å². The predicted molar refractivity (Wildman–Crippen MR) is 109 cm³/mol. The van der Waals surface area contributed by atoms with Gasteiger partial charge in [-0.05, 0) is 37.8 Å². The summed E-state index contributed by atoms with van der Waals surface area (Å²) in [6, 6.07) is 3.90. The second kappa shape index (κ2) is 11.5. The minimum absolute atomic E-state index is 0. The largest absolute Gasteiger partial charge is 0.469 e. The predicted octanol–water partition coefficient (Wildman–Crippen LogP) is 3.32. The van der Waals surface area contributed by atoms with E-state index in [1.54, 1.807) is 6.26 Å². The molecule has 1 aromatic heterocycles. The van der Waals surface area contributed by atoms with Crippen LogP contribution in [0.15, 0.2) is 40.0 Å². The van der Waals surface area contributed by atoms with Crippen molar-refractivity contribution in [1.82, 2.24) is 10.2 Å². The maximum absolute atomic E-state index is 5.71. The van der Waals surface area contributed by atoms with Crippen molar-refractivity contribution in [1.29, 1.82) is 0 Å². The fourth-order valence-corrected chi connectivity index (χ4v) is 2.12. The highest BCUT2D eigenvalue weighted by Gasteiger charge is 2.21. The number of furan rings is 1. The fourth-order valence-electron chi connectivity index (χ4n) is 2.12. The first kappa shape index (κ1) is 21.0. The summed E-state index contributed by atoms with van der Waals surface area (Å²) in [6.45, 7) is 9.79. The lowest BCUT2D eigenvalue weighted by Crippen LogP contribution is -2.41. The molecule has 1 aliphatic rings. The summed E-state index contributed by atoms with van der Waals surface area (Å²) < 4.78 is 11.1. The minimum atomic E-state index is 0. The molecule has 0 radical (unpaired) electrons. The molecule has 6 heteroatoms. The second-order valence-corrected chi connectivity index (χ2v) is 6.29. The van der Waals surface area contributed by atoms with E-state index in [4.69, 9.17) is 9.15 Å². The Balaban J connectivity index is 0.00000288. The minimum Gasteiger partial charge on any atom is -0.469 e. The van der Waals surface area contributed by atoms with E-state index in [-0.39, 0.29) is 24.0 Å². The van der Waals surface area contributed by atoms with Crippen molar-refractivity contribution in [3.8, 4) is 0 Å². The number of aliphatic imine (C=N–C) groups is 1. The summed E-state index contributed by atoms with van der Waals surface area (Å²) in [5.74, 6) is 2.67. The third-order valence-corrected chi connectivity index (χ3v) is 3.72. The highest BCUT2D eigenvalue weighted by atomic mass is 127. The molecule has 1 heterocycles. The van der Waals surface area contributed by atoms with Gasteiger partial charge in [-0.25, -0.2) is 4.99 Å². The van der Waals surface area contributed by atoms with Gasteiger partial charge in [-0.2, -0.15) is 0 Å². The smallest absolute Gasteiger partial charge is 0.194 e. The van der Waals surface area contributed by atoms with E-state index in [2.05, 4.69) is 21.8 Å². The molecule has 0 bridgehead atoms. The van der Waals surface area contributed by atoms with E-state index in [1.165, 1.54) is 12.8 Å². The van der Waals surface area contributed by atoms with Crippen LogP contribution in [0.2, 0.25) is 0 Å². The van der Waals surface area contributed by atoms with E-state index < -0.39 is 0 Å². The Morgan fingerprint density at radius 3 is 2.92 bits per heavy atom. The van der Waals surface area contributed by atoms with Crippen LogP contribution in [0.1, 0.15) is 25.5 Å². The number of ether oxygens (including phenoxy) is 1. The van der Waals surface area contributed by atoms with Crippen LogP contribution in [0, 0.1) is 5.92 Å². The molecule has 1 aromatic rings. The zero-order valence-electron chi connectivity index (χ0n) is 14.8. The maximum atomic E-state index is 5.71. The van der Waals surface area contributed by atoms with Crippen LogP contribution < -0.4 is 5.32 Å². The Bertz CT molecular complexity index is 498. The van der Waals surface area contributed by atoms with E-state index in [0.29, 0.717) is 6.54 Å². The molecule has 1 fully saturated rings. The number of halogens is 1. The van der Waals surface area contributed by atoms with Crippen LogP contribution in [0.3, 0.4) is 0 Å². The van der Waals surface area contributed by atoms with Gasteiger partial charge in [0, 0.05) is 33.2 Å². The van der Waals surface area contributed by atoms with Crippen molar-refractivity contribution in [3.63, 3.8) is 0 Å². The van der Waals surface area contributed by atoms with E-state index >= 15 is 0 Å². The van der Waals surface area contributed by atoms with Crippen LogP contribution in [0.5, 0.6) is 0 Å². The maximum Gasteiger partial charge on any atom is 0.194 e. The van der Waals surface area contributed by atoms with Gasteiger partial charge in [-0.3, -0.25) is 0 Å². The summed E-state index contributed by atoms with van der Waals surface area (Å²) in [5, 5.41) is 3.39. The lowest BCUT2D eigenvalue weighted by atomic mass is 10.3. The van der Waals surface area contributed by atoms with E-state index in [9.17, 15) is 0 Å². The van der Waals surface area contributed by atoms with Gasteiger partial charge >= 0.3 is 0 Å². The quantitative estimate of drug-likeness (QED) is 0.197. The Hall–Kier alpha value is -1.02. The molecule has 24 heavy (non-hydrogen) atoms. The van der Waals surface area contributed by atoms with Gasteiger partial charge in [-0.15, -0.1) is 24.0 Å². The number of guanidine groups is 1. The zero-order chi connectivity index (χ0) is 16.5. The van der Waals surface area contributed by atoms with E-state index in [1.807, 2.05) is 26.1 Å². The number of nitrogens with zero attached hydrogens (tertiary/aromatic N) is 2. The number of hydrogen-bond donors (Lipinski definition) is 1. The molecule has 0 spiro atoms. The second-order valence-electron chi connectivity index (χ2n) is 6.29. The number of hydrogen-bond acceptors (Lipinski definition) is 3. The summed E-state index contributed by atoms with van der Waals surface area (Å²) in [5.41, 5.74) is 1.05. The van der Waals surface area contributed by atoms with Gasteiger partial charge in [-0.1, -0.05) is 12.2 Å². The SMILES string of the molecule is C=C(C)CN=C(NCCc1ccco1)N(C)CCOCC1CC1.I.